The molecule has 1 heterocycles. The molecule has 1 aromatic heterocycles. The van der Waals surface area contributed by atoms with Gasteiger partial charge in [-0.3, -0.25) is 4.79 Å². The summed E-state index contributed by atoms with van der Waals surface area (Å²) in [6.07, 6.45) is 3.36. The number of hydrogen-bond donors (Lipinski definition) is 1. The number of rotatable bonds is 4. The Hall–Kier alpha value is -0.970. The van der Waals surface area contributed by atoms with Crippen molar-refractivity contribution in [2.24, 2.45) is 0 Å². The smallest absolute Gasteiger partial charge is 0.316 e. The van der Waals surface area contributed by atoms with E-state index in [1.807, 2.05) is 0 Å². The molecule has 0 saturated carbocycles. The number of hydrogen-bond acceptors (Lipinski definition) is 4. The summed E-state index contributed by atoms with van der Waals surface area (Å²) in [6, 6.07) is 0. The molecule has 0 radical (unpaired) electrons. The third kappa shape index (κ3) is 2.96. The summed E-state index contributed by atoms with van der Waals surface area (Å²) in [4.78, 5) is 17.7. The Morgan fingerprint density at radius 3 is 3.25 bits per heavy atom. The molecular formula is C7H10N2O2S. The fourth-order valence-electron chi connectivity index (χ4n) is 0.660. The van der Waals surface area contributed by atoms with Gasteiger partial charge in [0, 0.05) is 12.4 Å². The van der Waals surface area contributed by atoms with E-state index in [1.54, 1.807) is 19.3 Å². The summed E-state index contributed by atoms with van der Waals surface area (Å²) in [5.41, 5.74) is 0. The summed E-state index contributed by atoms with van der Waals surface area (Å²) in [5, 5.41) is 0.739. The molecule has 0 atom stereocenters. The quantitative estimate of drug-likeness (QED) is 0.564. The number of aromatic nitrogens is 2. The minimum absolute atomic E-state index is 0.209. The van der Waals surface area contributed by atoms with Gasteiger partial charge >= 0.3 is 5.97 Å². The van der Waals surface area contributed by atoms with E-state index in [0.717, 1.165) is 5.16 Å². The van der Waals surface area contributed by atoms with Crippen LogP contribution in [-0.2, 0) is 9.53 Å². The average molecular weight is 186 g/mol. The molecular weight excluding hydrogens is 176 g/mol. The van der Waals surface area contributed by atoms with E-state index >= 15 is 0 Å². The van der Waals surface area contributed by atoms with Gasteiger partial charge in [0.05, 0.1) is 12.4 Å². The number of H-pyrrole nitrogens is 1. The van der Waals surface area contributed by atoms with Crippen LogP contribution in [0.5, 0.6) is 0 Å². The molecule has 0 spiro atoms. The van der Waals surface area contributed by atoms with Crippen molar-refractivity contribution in [2.45, 2.75) is 12.1 Å². The van der Waals surface area contributed by atoms with E-state index in [1.165, 1.54) is 11.8 Å². The second-order valence-electron chi connectivity index (χ2n) is 1.99. The van der Waals surface area contributed by atoms with Crippen LogP contribution in [0.15, 0.2) is 17.6 Å². The SMILES string of the molecule is CCOC(=O)CSc1ncc[nH]1. The molecule has 12 heavy (non-hydrogen) atoms. The monoisotopic (exact) mass is 186 g/mol. The molecule has 0 bridgehead atoms. The van der Waals surface area contributed by atoms with E-state index in [9.17, 15) is 4.79 Å². The Labute approximate surface area is 74.7 Å². The van der Waals surface area contributed by atoms with Gasteiger partial charge in [-0.2, -0.15) is 0 Å². The van der Waals surface area contributed by atoms with Gasteiger partial charge in [0.25, 0.3) is 0 Å². The number of ether oxygens (including phenoxy) is 1. The maximum absolute atomic E-state index is 10.9. The van der Waals surface area contributed by atoms with Crippen LogP contribution < -0.4 is 0 Å². The zero-order chi connectivity index (χ0) is 8.81. The second kappa shape index (κ2) is 4.82. The van der Waals surface area contributed by atoms with Crippen molar-refractivity contribution in [1.29, 1.82) is 0 Å². The third-order valence-electron chi connectivity index (χ3n) is 1.11. The molecule has 1 rings (SSSR count). The maximum atomic E-state index is 10.9. The van der Waals surface area contributed by atoms with Gasteiger partial charge in [0.15, 0.2) is 5.16 Å². The Bertz CT molecular complexity index is 236. The lowest BCUT2D eigenvalue weighted by Gasteiger charge is -1.98. The summed E-state index contributed by atoms with van der Waals surface area (Å²) >= 11 is 1.33. The highest BCUT2D eigenvalue weighted by atomic mass is 32.2. The molecule has 66 valence electrons. The zero-order valence-electron chi connectivity index (χ0n) is 6.74. The highest BCUT2D eigenvalue weighted by molar-refractivity contribution is 7.99. The molecule has 0 aliphatic carbocycles. The van der Waals surface area contributed by atoms with E-state index in [4.69, 9.17) is 4.74 Å². The van der Waals surface area contributed by atoms with Crippen molar-refractivity contribution in [3.05, 3.63) is 12.4 Å². The number of imidazole rings is 1. The van der Waals surface area contributed by atoms with Crippen molar-refractivity contribution in [3.8, 4) is 0 Å². The van der Waals surface area contributed by atoms with E-state index in [0.29, 0.717) is 12.4 Å². The van der Waals surface area contributed by atoms with Crippen LogP contribution in [0.2, 0.25) is 0 Å². The lowest BCUT2D eigenvalue weighted by Crippen LogP contribution is -2.06. The topological polar surface area (TPSA) is 55.0 Å². The highest BCUT2D eigenvalue weighted by Gasteiger charge is 2.03. The Morgan fingerprint density at radius 1 is 1.83 bits per heavy atom. The number of nitrogens with one attached hydrogen (secondary N) is 1. The van der Waals surface area contributed by atoms with Crippen LogP contribution in [0.3, 0.4) is 0 Å². The van der Waals surface area contributed by atoms with Gasteiger partial charge in [0.2, 0.25) is 0 Å². The molecule has 0 fully saturated rings. The lowest BCUT2D eigenvalue weighted by molar-refractivity contribution is -0.139. The Balaban J connectivity index is 2.22. The van der Waals surface area contributed by atoms with Crippen LogP contribution >= 0.6 is 11.8 Å². The number of nitrogens with zero attached hydrogens (tertiary/aromatic N) is 1. The molecule has 0 unspecified atom stereocenters. The summed E-state index contributed by atoms with van der Waals surface area (Å²) in [7, 11) is 0. The summed E-state index contributed by atoms with van der Waals surface area (Å²) < 4.78 is 4.74. The summed E-state index contributed by atoms with van der Waals surface area (Å²) in [6.45, 7) is 2.22. The first-order chi connectivity index (χ1) is 5.83. The molecule has 0 amide bonds. The van der Waals surface area contributed by atoms with Crippen molar-refractivity contribution in [1.82, 2.24) is 9.97 Å². The molecule has 0 aliphatic rings. The number of carbonyl (C=O) groups excluding carboxylic acids is 1. The minimum Gasteiger partial charge on any atom is -0.465 e. The van der Waals surface area contributed by atoms with Gasteiger partial charge in [0.1, 0.15) is 0 Å². The molecule has 4 nitrogen and oxygen atoms in total. The first kappa shape index (κ1) is 9.12. The summed E-state index contributed by atoms with van der Waals surface area (Å²) in [5.74, 6) is 0.0975. The van der Waals surface area contributed by atoms with Crippen LogP contribution in [0.4, 0.5) is 0 Å². The number of thioether (sulfide) groups is 1. The standard InChI is InChI=1S/C7H10N2O2S/c1-2-11-6(10)5-12-7-8-3-4-9-7/h3-4H,2,5H2,1H3,(H,8,9). The largest absolute Gasteiger partial charge is 0.465 e. The second-order valence-corrected chi connectivity index (χ2v) is 2.95. The maximum Gasteiger partial charge on any atom is 0.316 e. The lowest BCUT2D eigenvalue weighted by atomic mass is 10.8. The zero-order valence-corrected chi connectivity index (χ0v) is 7.56. The first-order valence-electron chi connectivity index (χ1n) is 3.60. The van der Waals surface area contributed by atoms with E-state index in [2.05, 4.69) is 9.97 Å². The average Bonchev–Trinajstić information content (AvgIpc) is 2.53. The Kier molecular flexibility index (Phi) is 3.66. The van der Waals surface area contributed by atoms with E-state index in [-0.39, 0.29) is 5.97 Å². The van der Waals surface area contributed by atoms with Crippen molar-refractivity contribution in [3.63, 3.8) is 0 Å². The number of aromatic amines is 1. The van der Waals surface area contributed by atoms with Gasteiger partial charge < -0.3 is 9.72 Å². The van der Waals surface area contributed by atoms with Gasteiger partial charge in [-0.25, -0.2) is 4.98 Å². The van der Waals surface area contributed by atoms with Gasteiger partial charge in [-0.15, -0.1) is 0 Å². The van der Waals surface area contributed by atoms with E-state index < -0.39 is 0 Å². The normalized spacial score (nSPS) is 9.75. The van der Waals surface area contributed by atoms with Crippen molar-refractivity contribution >= 4 is 17.7 Å². The fraction of sp³-hybridized carbons (Fsp3) is 0.429. The van der Waals surface area contributed by atoms with Crippen LogP contribution in [-0.4, -0.2) is 28.3 Å². The third-order valence-corrected chi connectivity index (χ3v) is 1.98. The van der Waals surface area contributed by atoms with Gasteiger partial charge in [-0.1, -0.05) is 11.8 Å². The van der Waals surface area contributed by atoms with Gasteiger partial charge in [-0.05, 0) is 6.92 Å². The molecule has 0 aromatic carbocycles. The predicted octanol–water partition coefficient (Wildman–Crippen LogP) is 1.06. The number of carbonyl (C=O) groups is 1. The van der Waals surface area contributed by atoms with Crippen molar-refractivity contribution in [2.75, 3.05) is 12.4 Å². The molecule has 1 N–H and O–H groups in total. The number of esters is 1. The highest BCUT2D eigenvalue weighted by Crippen LogP contribution is 2.10. The Morgan fingerprint density at radius 2 is 2.67 bits per heavy atom. The molecule has 5 heteroatoms. The molecule has 0 aliphatic heterocycles. The minimum atomic E-state index is -0.209. The molecule has 1 aromatic rings. The van der Waals surface area contributed by atoms with Crippen LogP contribution in [0.1, 0.15) is 6.92 Å². The predicted molar refractivity (Wildman–Crippen MR) is 45.9 cm³/mol. The van der Waals surface area contributed by atoms with Crippen molar-refractivity contribution < 1.29 is 9.53 Å². The fourth-order valence-corrected chi connectivity index (χ4v) is 1.28. The van der Waals surface area contributed by atoms with Crippen LogP contribution in [0, 0.1) is 0 Å². The van der Waals surface area contributed by atoms with Crippen LogP contribution in [0.25, 0.3) is 0 Å². The molecule has 0 saturated heterocycles. The first-order valence-corrected chi connectivity index (χ1v) is 4.59.